The summed E-state index contributed by atoms with van der Waals surface area (Å²) in [5.41, 5.74) is 8.50. The van der Waals surface area contributed by atoms with Crippen molar-refractivity contribution in [3.8, 4) is 0 Å². The minimum absolute atomic E-state index is 0. The van der Waals surface area contributed by atoms with Gasteiger partial charge in [0.2, 0.25) is 0 Å². The molecule has 0 aliphatic carbocycles. The second-order valence-electron chi connectivity index (χ2n) is 5.30. The Labute approximate surface area is 166 Å². The highest BCUT2D eigenvalue weighted by Gasteiger charge is 2.17. The van der Waals surface area contributed by atoms with E-state index in [0.717, 1.165) is 61.8 Å². The van der Waals surface area contributed by atoms with Crippen molar-refractivity contribution in [3.63, 3.8) is 0 Å². The van der Waals surface area contributed by atoms with E-state index in [-0.39, 0.29) is 56.2 Å². The summed E-state index contributed by atoms with van der Waals surface area (Å²) in [5, 5.41) is 8.94. The fraction of sp³-hybridized carbons (Fsp3) is 0.500. The van der Waals surface area contributed by atoms with E-state index in [9.17, 15) is 0 Å². The standard InChI is InChI=1S/C14H21N5O.4ClH/c15-11-1-2-12-13(9-11)17-14(16-12)10-19-5-3-18(4-6-19)7-8-20;;;;/h1-2,9,20H,3-8,10,15H2,(H,16,17);4*1H. The summed E-state index contributed by atoms with van der Waals surface area (Å²) >= 11 is 0. The highest BCUT2D eigenvalue weighted by molar-refractivity contribution is 5.86. The molecule has 0 atom stereocenters. The van der Waals surface area contributed by atoms with Crippen molar-refractivity contribution in [2.45, 2.75) is 6.54 Å². The third-order valence-electron chi connectivity index (χ3n) is 3.81. The van der Waals surface area contributed by atoms with Gasteiger partial charge in [-0.25, -0.2) is 4.98 Å². The number of aromatic nitrogens is 2. The minimum Gasteiger partial charge on any atom is -0.399 e. The average Bonchev–Trinajstić information content (AvgIpc) is 2.82. The Balaban J connectivity index is 0. The molecule has 3 rings (SSSR count). The lowest BCUT2D eigenvalue weighted by Gasteiger charge is -2.33. The predicted molar refractivity (Wildman–Crippen MR) is 108 cm³/mol. The minimum atomic E-state index is 0. The lowest BCUT2D eigenvalue weighted by Crippen LogP contribution is -2.46. The lowest BCUT2D eigenvalue weighted by molar-refractivity contribution is 0.107. The number of H-pyrrole nitrogens is 1. The van der Waals surface area contributed by atoms with Crippen molar-refractivity contribution < 1.29 is 5.11 Å². The van der Waals surface area contributed by atoms with Crippen LogP contribution in [0.2, 0.25) is 0 Å². The fourth-order valence-corrected chi connectivity index (χ4v) is 2.68. The molecule has 0 unspecified atom stereocenters. The van der Waals surface area contributed by atoms with Gasteiger partial charge in [-0.1, -0.05) is 0 Å². The number of halogens is 4. The summed E-state index contributed by atoms with van der Waals surface area (Å²) in [5.74, 6) is 0.987. The number of hydrogen-bond acceptors (Lipinski definition) is 5. The van der Waals surface area contributed by atoms with Gasteiger partial charge in [0.05, 0.1) is 24.2 Å². The summed E-state index contributed by atoms with van der Waals surface area (Å²) in [7, 11) is 0. The first kappa shape index (κ1) is 25.8. The number of anilines is 1. The van der Waals surface area contributed by atoms with Crippen molar-refractivity contribution in [2.24, 2.45) is 0 Å². The van der Waals surface area contributed by atoms with Crippen LogP contribution >= 0.6 is 49.6 Å². The van der Waals surface area contributed by atoms with Crippen LogP contribution in [0.25, 0.3) is 11.0 Å². The predicted octanol–water partition coefficient (Wildman–Crippen LogP) is 1.94. The lowest BCUT2D eigenvalue weighted by atomic mass is 10.3. The molecule has 1 fully saturated rings. The first-order chi connectivity index (χ1) is 9.74. The van der Waals surface area contributed by atoms with Crippen LogP contribution in [0.3, 0.4) is 0 Å². The van der Waals surface area contributed by atoms with Crippen molar-refractivity contribution >= 4 is 66.3 Å². The third kappa shape index (κ3) is 6.44. The summed E-state index contributed by atoms with van der Waals surface area (Å²) < 4.78 is 0. The van der Waals surface area contributed by atoms with Gasteiger partial charge in [0, 0.05) is 38.4 Å². The number of hydrogen-bond donors (Lipinski definition) is 3. The zero-order chi connectivity index (χ0) is 13.9. The average molecular weight is 421 g/mol. The molecule has 1 aliphatic heterocycles. The Morgan fingerprint density at radius 2 is 1.67 bits per heavy atom. The smallest absolute Gasteiger partial charge is 0.121 e. The molecule has 24 heavy (non-hydrogen) atoms. The highest BCUT2D eigenvalue weighted by atomic mass is 35.5. The number of aliphatic hydroxyl groups excluding tert-OH is 1. The molecule has 1 aliphatic rings. The van der Waals surface area contributed by atoms with Gasteiger partial charge >= 0.3 is 0 Å². The van der Waals surface area contributed by atoms with Gasteiger partial charge in [-0.05, 0) is 18.2 Å². The molecule has 1 aromatic heterocycles. The Kier molecular flexibility index (Phi) is 12.9. The molecule has 6 nitrogen and oxygen atoms in total. The second kappa shape index (κ2) is 12.0. The first-order valence-electron chi connectivity index (χ1n) is 7.04. The van der Waals surface area contributed by atoms with Gasteiger partial charge in [0.25, 0.3) is 0 Å². The van der Waals surface area contributed by atoms with Gasteiger partial charge in [-0.3, -0.25) is 9.80 Å². The number of nitrogens with zero attached hydrogens (tertiary/aromatic N) is 3. The zero-order valence-electron chi connectivity index (χ0n) is 13.2. The molecule has 10 heteroatoms. The Bertz CT molecular complexity index is 590. The van der Waals surface area contributed by atoms with Gasteiger partial charge in [0.15, 0.2) is 0 Å². The number of imidazole rings is 1. The SMILES string of the molecule is Cl.Cl.Cl.Cl.Nc1ccc2nc(CN3CCN(CCO)CC3)[nH]c2c1. The van der Waals surface area contributed by atoms with Gasteiger partial charge in [-0.15, -0.1) is 49.6 Å². The van der Waals surface area contributed by atoms with Crippen LogP contribution in [0.15, 0.2) is 18.2 Å². The number of aromatic amines is 1. The summed E-state index contributed by atoms with van der Waals surface area (Å²) in [6, 6.07) is 5.75. The van der Waals surface area contributed by atoms with Crippen molar-refractivity contribution in [1.82, 2.24) is 19.8 Å². The molecule has 0 radical (unpaired) electrons. The van der Waals surface area contributed by atoms with E-state index in [0.29, 0.717) is 0 Å². The van der Waals surface area contributed by atoms with Gasteiger partial charge in [-0.2, -0.15) is 0 Å². The van der Waals surface area contributed by atoms with E-state index in [1.807, 2.05) is 18.2 Å². The maximum Gasteiger partial charge on any atom is 0.121 e. The monoisotopic (exact) mass is 419 g/mol. The zero-order valence-corrected chi connectivity index (χ0v) is 16.4. The molecular formula is C14H25Cl4N5O. The number of rotatable bonds is 4. The van der Waals surface area contributed by atoms with Crippen LogP contribution in [0.4, 0.5) is 5.69 Å². The number of nitrogens with two attached hydrogens (primary N) is 1. The first-order valence-corrected chi connectivity index (χ1v) is 7.04. The Morgan fingerprint density at radius 3 is 2.29 bits per heavy atom. The molecule has 140 valence electrons. The number of nitrogen functional groups attached to an aromatic ring is 1. The summed E-state index contributed by atoms with van der Waals surface area (Å²) in [6.07, 6.45) is 0. The number of piperazine rings is 1. The van der Waals surface area contributed by atoms with Crippen LogP contribution in [0, 0.1) is 0 Å². The largest absolute Gasteiger partial charge is 0.399 e. The molecule has 0 amide bonds. The third-order valence-corrected chi connectivity index (χ3v) is 3.81. The summed E-state index contributed by atoms with van der Waals surface area (Å²) in [4.78, 5) is 12.6. The molecular weight excluding hydrogens is 396 g/mol. The van der Waals surface area contributed by atoms with Crippen LogP contribution in [0.5, 0.6) is 0 Å². The van der Waals surface area contributed by atoms with Crippen molar-refractivity contribution in [1.29, 1.82) is 0 Å². The molecule has 0 bridgehead atoms. The van der Waals surface area contributed by atoms with Crippen molar-refractivity contribution in [2.75, 3.05) is 45.1 Å². The highest BCUT2D eigenvalue weighted by Crippen LogP contribution is 2.16. The molecule has 2 heterocycles. The van der Waals surface area contributed by atoms with E-state index >= 15 is 0 Å². The van der Waals surface area contributed by atoms with Gasteiger partial charge in [0.1, 0.15) is 5.82 Å². The fourth-order valence-electron chi connectivity index (χ4n) is 2.68. The molecule has 0 saturated carbocycles. The molecule has 1 saturated heterocycles. The van der Waals surface area contributed by atoms with Crippen LogP contribution < -0.4 is 5.73 Å². The Hall–Kier alpha value is -0.470. The van der Waals surface area contributed by atoms with Crippen LogP contribution in [-0.4, -0.2) is 64.2 Å². The number of benzene rings is 1. The van der Waals surface area contributed by atoms with E-state index in [4.69, 9.17) is 10.8 Å². The summed E-state index contributed by atoms with van der Waals surface area (Å²) in [6.45, 7) is 5.89. The molecule has 2 aromatic rings. The van der Waals surface area contributed by atoms with Crippen molar-refractivity contribution in [3.05, 3.63) is 24.0 Å². The Morgan fingerprint density at radius 1 is 1.04 bits per heavy atom. The maximum absolute atomic E-state index is 8.94. The molecule has 1 aromatic carbocycles. The van der Waals surface area contributed by atoms with E-state index in [2.05, 4.69) is 19.8 Å². The molecule has 0 spiro atoms. The quantitative estimate of drug-likeness (QED) is 0.658. The normalized spacial score (nSPS) is 14.9. The van der Waals surface area contributed by atoms with Crippen LogP contribution in [-0.2, 0) is 6.54 Å². The maximum atomic E-state index is 8.94. The molecule has 4 N–H and O–H groups in total. The number of aliphatic hydroxyl groups is 1. The van der Waals surface area contributed by atoms with E-state index in [1.54, 1.807) is 0 Å². The topological polar surface area (TPSA) is 81.4 Å². The second-order valence-corrected chi connectivity index (χ2v) is 5.30. The van der Waals surface area contributed by atoms with E-state index in [1.165, 1.54) is 0 Å². The number of fused-ring (bicyclic) bond motifs is 1. The van der Waals surface area contributed by atoms with Gasteiger partial charge < -0.3 is 15.8 Å². The number of nitrogens with one attached hydrogen (secondary N) is 1. The van der Waals surface area contributed by atoms with Crippen LogP contribution in [0.1, 0.15) is 5.82 Å². The number of β-amino-alcohol motifs (C(OH)–C–C–N with tert-alkyl or cyclic N) is 1. The van der Waals surface area contributed by atoms with E-state index < -0.39 is 0 Å².